The number of rotatable bonds is 5. The van der Waals surface area contributed by atoms with E-state index >= 15 is 0 Å². The van der Waals surface area contributed by atoms with Gasteiger partial charge in [0.1, 0.15) is 0 Å². The molecule has 16 heavy (non-hydrogen) atoms. The summed E-state index contributed by atoms with van der Waals surface area (Å²) in [5.74, 6) is 0.440. The van der Waals surface area contributed by atoms with Crippen molar-refractivity contribution < 1.29 is 0 Å². The molecule has 1 nitrogen and oxygen atoms in total. The first kappa shape index (κ1) is 12.6. The molecule has 1 unspecified atom stereocenters. The molecule has 0 spiro atoms. The van der Waals surface area contributed by atoms with Crippen LogP contribution in [0.4, 0.5) is 0 Å². The second-order valence-corrected chi connectivity index (χ2v) is 3.97. The Morgan fingerprint density at radius 3 is 3.00 bits per heavy atom. The minimum atomic E-state index is 0.440. The van der Waals surface area contributed by atoms with Crippen molar-refractivity contribution in [3.63, 3.8) is 0 Å². The van der Waals surface area contributed by atoms with E-state index in [-0.39, 0.29) is 0 Å². The van der Waals surface area contributed by atoms with Gasteiger partial charge in [0.25, 0.3) is 0 Å². The van der Waals surface area contributed by atoms with Crippen molar-refractivity contribution in [1.82, 2.24) is 0 Å². The van der Waals surface area contributed by atoms with Crippen LogP contribution >= 0.6 is 0 Å². The van der Waals surface area contributed by atoms with Gasteiger partial charge in [0.15, 0.2) is 0 Å². The molecule has 1 atom stereocenters. The molecule has 0 amide bonds. The van der Waals surface area contributed by atoms with E-state index in [4.69, 9.17) is 5.73 Å². The van der Waals surface area contributed by atoms with E-state index in [0.29, 0.717) is 5.92 Å². The molecule has 0 aromatic heterocycles. The lowest BCUT2D eigenvalue weighted by Gasteiger charge is -2.16. The fourth-order valence-electron chi connectivity index (χ4n) is 1.94. The summed E-state index contributed by atoms with van der Waals surface area (Å²) in [7, 11) is 0. The van der Waals surface area contributed by atoms with Crippen LogP contribution in [0.25, 0.3) is 0 Å². The molecule has 0 aliphatic heterocycles. The van der Waals surface area contributed by atoms with Crippen molar-refractivity contribution in [3.05, 3.63) is 60.4 Å². The van der Waals surface area contributed by atoms with E-state index in [2.05, 4.69) is 37.8 Å². The molecule has 0 aromatic rings. The smallest absolute Gasteiger partial charge is 0.0315 e. The molecular formula is C15H21N. The van der Waals surface area contributed by atoms with Crippen molar-refractivity contribution in [2.45, 2.75) is 26.2 Å². The van der Waals surface area contributed by atoms with E-state index < -0.39 is 0 Å². The summed E-state index contributed by atoms with van der Waals surface area (Å²) in [5.41, 5.74) is 8.31. The molecule has 1 aliphatic rings. The maximum atomic E-state index is 6.07. The number of hydrogen-bond acceptors (Lipinski definition) is 1. The normalized spacial score (nSPS) is 17.8. The number of allylic oxidation sites excluding steroid dienone is 8. The molecule has 0 saturated heterocycles. The highest BCUT2D eigenvalue weighted by molar-refractivity contribution is 5.33. The predicted octanol–water partition coefficient (Wildman–Crippen LogP) is 3.87. The number of nitrogens with two attached hydrogens (primary N) is 1. The molecule has 0 aromatic carbocycles. The molecule has 86 valence electrons. The highest BCUT2D eigenvalue weighted by Gasteiger charge is 2.12. The SMILES string of the molecule is C=CCCC(/C=C\C)C1=C(N)C=CC=CC1. The molecule has 1 heteroatoms. The zero-order valence-electron chi connectivity index (χ0n) is 10.0. The summed E-state index contributed by atoms with van der Waals surface area (Å²) in [4.78, 5) is 0. The average molecular weight is 215 g/mol. The Kier molecular flexibility index (Phi) is 5.41. The highest BCUT2D eigenvalue weighted by atomic mass is 14.6. The van der Waals surface area contributed by atoms with Gasteiger partial charge in [0.2, 0.25) is 0 Å². The lowest BCUT2D eigenvalue weighted by atomic mass is 9.90. The van der Waals surface area contributed by atoms with Gasteiger partial charge in [0.05, 0.1) is 0 Å². The Bertz CT molecular complexity index is 342. The van der Waals surface area contributed by atoms with Gasteiger partial charge >= 0.3 is 0 Å². The van der Waals surface area contributed by atoms with Gasteiger partial charge in [-0.2, -0.15) is 0 Å². The second kappa shape index (κ2) is 6.89. The van der Waals surface area contributed by atoms with Crippen LogP contribution in [0.2, 0.25) is 0 Å². The van der Waals surface area contributed by atoms with Crippen molar-refractivity contribution in [1.29, 1.82) is 0 Å². The van der Waals surface area contributed by atoms with E-state index in [1.165, 1.54) is 5.57 Å². The second-order valence-electron chi connectivity index (χ2n) is 3.97. The van der Waals surface area contributed by atoms with Gasteiger partial charge < -0.3 is 5.73 Å². The largest absolute Gasteiger partial charge is 0.399 e. The Labute approximate surface area is 98.7 Å². The van der Waals surface area contributed by atoms with Crippen molar-refractivity contribution in [2.75, 3.05) is 0 Å². The van der Waals surface area contributed by atoms with E-state index in [1.54, 1.807) is 0 Å². The molecular weight excluding hydrogens is 194 g/mol. The van der Waals surface area contributed by atoms with Crippen molar-refractivity contribution in [2.24, 2.45) is 11.7 Å². The van der Waals surface area contributed by atoms with Gasteiger partial charge in [-0.1, -0.05) is 36.5 Å². The van der Waals surface area contributed by atoms with E-state index in [0.717, 1.165) is 25.0 Å². The van der Waals surface area contributed by atoms with E-state index in [9.17, 15) is 0 Å². The van der Waals surface area contributed by atoms with Crippen LogP contribution in [-0.4, -0.2) is 0 Å². The van der Waals surface area contributed by atoms with Gasteiger partial charge in [-0.3, -0.25) is 0 Å². The van der Waals surface area contributed by atoms with E-state index in [1.807, 2.05) is 18.2 Å². The summed E-state index contributed by atoms with van der Waals surface area (Å²) in [6.07, 6.45) is 17.6. The third kappa shape index (κ3) is 3.58. The third-order valence-electron chi connectivity index (χ3n) is 2.79. The van der Waals surface area contributed by atoms with Crippen molar-refractivity contribution >= 4 is 0 Å². The topological polar surface area (TPSA) is 26.0 Å². The Hall–Kier alpha value is -1.50. The summed E-state index contributed by atoms with van der Waals surface area (Å²) in [5, 5.41) is 0. The lowest BCUT2D eigenvalue weighted by molar-refractivity contribution is 0.664. The van der Waals surface area contributed by atoms with Crippen LogP contribution in [-0.2, 0) is 0 Å². The summed E-state index contributed by atoms with van der Waals surface area (Å²) in [6, 6.07) is 0. The number of hydrogen-bond donors (Lipinski definition) is 1. The van der Waals surface area contributed by atoms with Gasteiger partial charge in [-0.25, -0.2) is 0 Å². The summed E-state index contributed by atoms with van der Waals surface area (Å²) in [6.45, 7) is 5.83. The lowest BCUT2D eigenvalue weighted by Crippen LogP contribution is -2.08. The molecule has 1 aliphatic carbocycles. The van der Waals surface area contributed by atoms with Crippen LogP contribution in [0.3, 0.4) is 0 Å². The highest BCUT2D eigenvalue weighted by Crippen LogP contribution is 2.26. The van der Waals surface area contributed by atoms with Crippen molar-refractivity contribution in [3.8, 4) is 0 Å². The van der Waals surface area contributed by atoms with Crippen LogP contribution < -0.4 is 5.73 Å². The van der Waals surface area contributed by atoms with Gasteiger partial charge in [-0.15, -0.1) is 6.58 Å². The summed E-state index contributed by atoms with van der Waals surface area (Å²) < 4.78 is 0. The maximum absolute atomic E-state index is 6.07. The Morgan fingerprint density at radius 1 is 1.50 bits per heavy atom. The molecule has 0 radical (unpaired) electrons. The fourth-order valence-corrected chi connectivity index (χ4v) is 1.94. The quantitative estimate of drug-likeness (QED) is 0.692. The first-order valence-electron chi connectivity index (χ1n) is 5.85. The first-order valence-corrected chi connectivity index (χ1v) is 5.85. The minimum absolute atomic E-state index is 0.440. The first-order chi connectivity index (χ1) is 7.79. The summed E-state index contributed by atoms with van der Waals surface area (Å²) >= 11 is 0. The zero-order chi connectivity index (χ0) is 11.8. The molecule has 2 N–H and O–H groups in total. The molecule has 0 heterocycles. The Morgan fingerprint density at radius 2 is 2.31 bits per heavy atom. The van der Waals surface area contributed by atoms with Crippen LogP contribution in [0.1, 0.15) is 26.2 Å². The van der Waals surface area contributed by atoms with Gasteiger partial charge in [-0.05, 0) is 37.8 Å². The van der Waals surface area contributed by atoms with Crippen LogP contribution in [0, 0.1) is 5.92 Å². The predicted molar refractivity (Wildman–Crippen MR) is 71.8 cm³/mol. The average Bonchev–Trinajstić information content (AvgIpc) is 2.49. The monoisotopic (exact) mass is 215 g/mol. The molecule has 0 saturated carbocycles. The fraction of sp³-hybridized carbons (Fsp3) is 0.333. The van der Waals surface area contributed by atoms with Crippen LogP contribution in [0.5, 0.6) is 0 Å². The maximum Gasteiger partial charge on any atom is 0.0315 e. The molecule has 0 fully saturated rings. The minimum Gasteiger partial charge on any atom is -0.399 e. The zero-order valence-corrected chi connectivity index (χ0v) is 10.0. The molecule has 0 bridgehead atoms. The van der Waals surface area contributed by atoms with Gasteiger partial charge in [0, 0.05) is 11.6 Å². The third-order valence-corrected chi connectivity index (χ3v) is 2.79. The molecule has 1 rings (SSSR count). The Balaban J connectivity index is 2.87. The van der Waals surface area contributed by atoms with Crippen LogP contribution in [0.15, 0.2) is 60.4 Å². The standard InChI is InChI=1S/C15H21N/c1-3-5-10-13(9-4-2)14-11-7-6-8-12-15(14)16/h3-4,6-9,12-13H,1,5,10-11,16H2,2H3/b9-4-.